The Kier molecular flexibility index (Phi) is 2.25. The van der Waals surface area contributed by atoms with E-state index < -0.39 is 0 Å². The van der Waals surface area contributed by atoms with Gasteiger partial charge in [-0.25, -0.2) is 0 Å². The van der Waals surface area contributed by atoms with Crippen LogP contribution in [0.1, 0.15) is 46.0 Å². The lowest BCUT2D eigenvalue weighted by atomic mass is 9.92. The van der Waals surface area contributed by atoms with Gasteiger partial charge < -0.3 is 0 Å². The number of rotatable bonds is 1. The van der Waals surface area contributed by atoms with Crippen LogP contribution in [0, 0.1) is 17.8 Å². The van der Waals surface area contributed by atoms with Crippen LogP contribution < -0.4 is 0 Å². The molecule has 0 nitrogen and oxygen atoms in total. The van der Waals surface area contributed by atoms with Gasteiger partial charge in [-0.05, 0) is 49.9 Å². The molecule has 0 heteroatoms. The van der Waals surface area contributed by atoms with Crippen LogP contribution in [0.2, 0.25) is 0 Å². The van der Waals surface area contributed by atoms with Crippen molar-refractivity contribution in [2.75, 3.05) is 0 Å². The lowest BCUT2D eigenvalue weighted by Gasteiger charge is -2.14. The maximum Gasteiger partial charge on any atom is -0.0292 e. The van der Waals surface area contributed by atoms with E-state index in [4.69, 9.17) is 0 Å². The van der Waals surface area contributed by atoms with Crippen molar-refractivity contribution < 1.29 is 0 Å². The quantitative estimate of drug-likeness (QED) is 0.517. The van der Waals surface area contributed by atoms with Crippen LogP contribution in [0.4, 0.5) is 0 Å². The molecule has 0 saturated heterocycles. The van der Waals surface area contributed by atoms with E-state index in [0.717, 1.165) is 17.8 Å². The summed E-state index contributed by atoms with van der Waals surface area (Å²) < 4.78 is 0. The fraction of sp³-hybridized carbons (Fsp3) is 0.833. The highest BCUT2D eigenvalue weighted by Gasteiger charge is 2.32. The molecule has 0 spiro atoms. The highest BCUT2D eigenvalue weighted by atomic mass is 14.4. The Balaban J connectivity index is 2.09. The summed E-state index contributed by atoms with van der Waals surface area (Å²) in [6.45, 7) is 4.74. The maximum atomic E-state index is 2.53. The topological polar surface area (TPSA) is 0 Å². The molecule has 0 aromatic heterocycles. The Morgan fingerprint density at radius 2 is 2.25 bits per heavy atom. The van der Waals surface area contributed by atoms with Crippen LogP contribution in [-0.2, 0) is 0 Å². The normalized spacial score (nSPS) is 40.8. The first-order chi connectivity index (χ1) is 5.79. The summed E-state index contributed by atoms with van der Waals surface area (Å²) in [6.07, 6.45) is 9.62. The third-order valence-corrected chi connectivity index (χ3v) is 3.86. The van der Waals surface area contributed by atoms with Gasteiger partial charge in [-0.1, -0.05) is 25.5 Å². The second-order valence-corrected chi connectivity index (χ2v) is 4.73. The summed E-state index contributed by atoms with van der Waals surface area (Å²) in [5.74, 6) is 3.07. The van der Waals surface area contributed by atoms with Crippen molar-refractivity contribution in [3.8, 4) is 0 Å². The molecular weight excluding hydrogens is 144 g/mol. The fourth-order valence-corrected chi connectivity index (χ4v) is 3.03. The molecule has 0 amide bonds. The van der Waals surface area contributed by atoms with Crippen molar-refractivity contribution in [1.29, 1.82) is 0 Å². The third kappa shape index (κ3) is 1.44. The first kappa shape index (κ1) is 8.34. The van der Waals surface area contributed by atoms with Gasteiger partial charge in [0.05, 0.1) is 0 Å². The summed E-state index contributed by atoms with van der Waals surface area (Å²) in [4.78, 5) is 0. The van der Waals surface area contributed by atoms with Crippen molar-refractivity contribution in [3.05, 3.63) is 11.6 Å². The van der Waals surface area contributed by atoms with Crippen LogP contribution in [0.25, 0.3) is 0 Å². The van der Waals surface area contributed by atoms with E-state index in [1.807, 2.05) is 0 Å². The van der Waals surface area contributed by atoms with Crippen LogP contribution in [0.3, 0.4) is 0 Å². The molecule has 0 heterocycles. The number of hydrogen-bond acceptors (Lipinski definition) is 0. The smallest absolute Gasteiger partial charge is 0.0292 e. The highest BCUT2D eigenvalue weighted by Crippen LogP contribution is 2.44. The predicted octanol–water partition coefficient (Wildman–Crippen LogP) is 3.78. The van der Waals surface area contributed by atoms with E-state index in [9.17, 15) is 0 Å². The average Bonchev–Trinajstić information content (AvgIpc) is 2.31. The molecule has 3 atom stereocenters. The van der Waals surface area contributed by atoms with E-state index in [2.05, 4.69) is 19.9 Å². The number of hydrogen-bond donors (Lipinski definition) is 0. The zero-order valence-corrected chi connectivity index (χ0v) is 8.34. The zero-order valence-electron chi connectivity index (χ0n) is 8.34. The summed E-state index contributed by atoms with van der Waals surface area (Å²) in [7, 11) is 0. The lowest BCUT2D eigenvalue weighted by Crippen LogP contribution is -2.02. The SMILES string of the molecule is CCC1=CCC2CC(C1)CC2C. The van der Waals surface area contributed by atoms with Gasteiger partial charge in [-0.2, -0.15) is 0 Å². The van der Waals surface area contributed by atoms with Crippen molar-refractivity contribution in [1.82, 2.24) is 0 Å². The van der Waals surface area contributed by atoms with Gasteiger partial charge in [0, 0.05) is 0 Å². The maximum absolute atomic E-state index is 2.53. The van der Waals surface area contributed by atoms with E-state index >= 15 is 0 Å². The Labute approximate surface area is 76.1 Å². The molecule has 0 N–H and O–H groups in total. The minimum Gasteiger partial charge on any atom is -0.0850 e. The molecule has 0 radical (unpaired) electrons. The van der Waals surface area contributed by atoms with Crippen molar-refractivity contribution in [2.45, 2.75) is 46.0 Å². The van der Waals surface area contributed by atoms with Gasteiger partial charge in [0.1, 0.15) is 0 Å². The number of fused-ring (bicyclic) bond motifs is 2. The van der Waals surface area contributed by atoms with E-state index in [1.165, 1.54) is 32.1 Å². The van der Waals surface area contributed by atoms with Crippen molar-refractivity contribution in [3.63, 3.8) is 0 Å². The lowest BCUT2D eigenvalue weighted by molar-refractivity contribution is 0.423. The third-order valence-electron chi connectivity index (χ3n) is 3.86. The van der Waals surface area contributed by atoms with Gasteiger partial charge in [0.15, 0.2) is 0 Å². The van der Waals surface area contributed by atoms with Gasteiger partial charge in [0.25, 0.3) is 0 Å². The van der Waals surface area contributed by atoms with Crippen LogP contribution in [-0.4, -0.2) is 0 Å². The highest BCUT2D eigenvalue weighted by molar-refractivity contribution is 5.08. The molecule has 2 aliphatic rings. The Morgan fingerprint density at radius 1 is 1.42 bits per heavy atom. The zero-order chi connectivity index (χ0) is 8.55. The summed E-state index contributed by atoms with van der Waals surface area (Å²) in [5.41, 5.74) is 1.73. The van der Waals surface area contributed by atoms with Crippen molar-refractivity contribution in [2.24, 2.45) is 17.8 Å². The van der Waals surface area contributed by atoms with Gasteiger partial charge in [0.2, 0.25) is 0 Å². The minimum absolute atomic E-state index is 1.00. The van der Waals surface area contributed by atoms with E-state index in [1.54, 1.807) is 5.57 Å². The summed E-state index contributed by atoms with van der Waals surface area (Å²) >= 11 is 0. The molecule has 2 rings (SSSR count). The van der Waals surface area contributed by atoms with Crippen LogP contribution in [0.15, 0.2) is 11.6 Å². The fourth-order valence-electron chi connectivity index (χ4n) is 3.03. The Hall–Kier alpha value is -0.260. The minimum atomic E-state index is 1.00. The first-order valence-electron chi connectivity index (χ1n) is 5.47. The standard InChI is InChI=1S/C12H20/c1-3-10-4-5-12-8-11(7-10)6-9(12)2/h4,9,11-12H,3,5-8H2,1-2H3. The van der Waals surface area contributed by atoms with E-state index in [-0.39, 0.29) is 0 Å². The molecule has 1 saturated carbocycles. The average molecular weight is 164 g/mol. The molecule has 12 heavy (non-hydrogen) atoms. The largest absolute Gasteiger partial charge is 0.0850 e. The summed E-state index contributed by atoms with van der Waals surface area (Å²) in [6, 6.07) is 0. The second-order valence-electron chi connectivity index (χ2n) is 4.73. The van der Waals surface area contributed by atoms with Crippen LogP contribution >= 0.6 is 0 Å². The summed E-state index contributed by atoms with van der Waals surface area (Å²) in [5, 5.41) is 0. The Morgan fingerprint density at radius 3 is 3.00 bits per heavy atom. The van der Waals surface area contributed by atoms with Gasteiger partial charge in [-0.3, -0.25) is 0 Å². The number of allylic oxidation sites excluding steroid dienone is 2. The monoisotopic (exact) mass is 164 g/mol. The molecule has 3 unspecified atom stereocenters. The van der Waals surface area contributed by atoms with Gasteiger partial charge in [-0.15, -0.1) is 0 Å². The first-order valence-corrected chi connectivity index (χ1v) is 5.47. The molecule has 0 aliphatic heterocycles. The van der Waals surface area contributed by atoms with Crippen molar-refractivity contribution >= 4 is 0 Å². The Bertz CT molecular complexity index is 190. The molecule has 2 bridgehead atoms. The molecular formula is C12H20. The van der Waals surface area contributed by atoms with Gasteiger partial charge >= 0.3 is 0 Å². The predicted molar refractivity (Wildman–Crippen MR) is 53.0 cm³/mol. The van der Waals surface area contributed by atoms with E-state index in [0.29, 0.717) is 0 Å². The van der Waals surface area contributed by atoms with Crippen LogP contribution in [0.5, 0.6) is 0 Å². The second kappa shape index (κ2) is 3.24. The molecule has 1 fully saturated rings. The molecule has 0 aromatic carbocycles. The molecule has 68 valence electrons. The molecule has 0 aromatic rings. The molecule has 2 aliphatic carbocycles.